The molecule has 3 N–H and O–H groups in total. The van der Waals surface area contributed by atoms with Crippen molar-refractivity contribution in [3.05, 3.63) is 132 Å². The molecule has 0 saturated carbocycles. The van der Waals surface area contributed by atoms with Gasteiger partial charge < -0.3 is 20.9 Å². The van der Waals surface area contributed by atoms with Crippen molar-refractivity contribution in [3.8, 4) is 0 Å². The summed E-state index contributed by atoms with van der Waals surface area (Å²) >= 11 is 0. The number of benzene rings is 3. The fourth-order valence-electron chi connectivity index (χ4n) is 5.23. The Hall–Kier alpha value is -4.25. The maximum atomic E-state index is 4.99. The largest absolute Gasteiger partial charge is 0.369 e. The van der Waals surface area contributed by atoms with Gasteiger partial charge in [-0.1, -0.05) is 112 Å². The summed E-state index contributed by atoms with van der Waals surface area (Å²) in [4.78, 5) is 7.39. The van der Waals surface area contributed by atoms with Crippen LogP contribution < -0.4 is 16.0 Å². The highest BCUT2D eigenvalue weighted by Crippen LogP contribution is 2.29. The quantitative estimate of drug-likeness (QED) is 0.115. The number of piperidine rings is 1. The summed E-state index contributed by atoms with van der Waals surface area (Å²) < 4.78 is 0. The zero-order valence-corrected chi connectivity index (χ0v) is 28.9. The summed E-state index contributed by atoms with van der Waals surface area (Å²) in [6, 6.07) is 27.8. The molecule has 1 heterocycles. The third-order valence-electron chi connectivity index (χ3n) is 7.41. The van der Waals surface area contributed by atoms with E-state index in [0.29, 0.717) is 6.04 Å². The average Bonchev–Trinajstić information content (AvgIpc) is 3.05. The van der Waals surface area contributed by atoms with Crippen LogP contribution in [-0.2, 0) is 6.54 Å². The van der Waals surface area contributed by atoms with Gasteiger partial charge in [-0.2, -0.15) is 0 Å². The Morgan fingerprint density at radius 1 is 0.911 bits per heavy atom. The molecule has 2 atom stereocenters. The van der Waals surface area contributed by atoms with Crippen LogP contribution in [0.1, 0.15) is 89.1 Å². The number of amidine groups is 1. The van der Waals surface area contributed by atoms with Crippen LogP contribution in [0.25, 0.3) is 5.70 Å². The van der Waals surface area contributed by atoms with E-state index in [2.05, 4.69) is 121 Å². The Morgan fingerprint density at radius 2 is 1.53 bits per heavy atom. The summed E-state index contributed by atoms with van der Waals surface area (Å²) in [5.41, 5.74) is 8.15. The minimum Gasteiger partial charge on any atom is -0.369 e. The van der Waals surface area contributed by atoms with E-state index in [1.54, 1.807) is 0 Å². The molecule has 0 aliphatic carbocycles. The zero-order valence-electron chi connectivity index (χ0n) is 28.9. The molecule has 0 aromatic heterocycles. The maximum absolute atomic E-state index is 4.99. The van der Waals surface area contributed by atoms with Crippen LogP contribution in [0.15, 0.2) is 115 Å². The number of hydrogen-bond acceptors (Lipinski definition) is 4. The van der Waals surface area contributed by atoms with Gasteiger partial charge in [0, 0.05) is 42.6 Å². The molecule has 1 aliphatic rings. The molecule has 3 aromatic rings. The van der Waals surface area contributed by atoms with Crippen molar-refractivity contribution >= 4 is 17.2 Å². The van der Waals surface area contributed by atoms with E-state index in [9.17, 15) is 0 Å². The molecule has 0 radical (unpaired) electrons. The van der Waals surface area contributed by atoms with Crippen molar-refractivity contribution in [2.75, 3.05) is 18.4 Å². The van der Waals surface area contributed by atoms with E-state index < -0.39 is 0 Å². The van der Waals surface area contributed by atoms with Gasteiger partial charge in [-0.05, 0) is 69.7 Å². The number of allylic oxidation sites excluding steroid dienone is 1. The second kappa shape index (κ2) is 19.9. The van der Waals surface area contributed by atoms with Gasteiger partial charge in [-0.15, -0.1) is 6.58 Å². The Bertz CT molecular complexity index is 1360. The molecule has 4 rings (SSSR count). The summed E-state index contributed by atoms with van der Waals surface area (Å²) in [6.07, 6.45) is 3.19. The van der Waals surface area contributed by atoms with Crippen LogP contribution >= 0.6 is 0 Å². The lowest BCUT2D eigenvalue weighted by Crippen LogP contribution is -2.46. The fraction of sp³-hybridized carbons (Fsp3) is 0.375. The first-order chi connectivity index (χ1) is 21.7. The van der Waals surface area contributed by atoms with Crippen LogP contribution in [-0.4, -0.2) is 29.9 Å². The fourth-order valence-corrected chi connectivity index (χ4v) is 5.23. The molecule has 0 spiro atoms. The standard InChI is InChI=1S/C34H43N5.C4H8.C2H6/c1-6-33(30-17-11-8-12-18-30)37-28(5)38-34-21-13-20-32(25(34)2)26(3)39-22-14-19-31(24-39)36-27(4)35-23-29-15-9-7-10-16-29;1-4(2)3;1-2/h7-13,15-18,20-21,31,33,35-36H,3-4,6,14,19,22-24H2,1-2,5H3,(H,37,38);1H2,2-3H3;1-2H3/t31?,33-;;/m1../s1. The zero-order chi connectivity index (χ0) is 33.2. The Kier molecular flexibility index (Phi) is 16.3. The Morgan fingerprint density at radius 3 is 2.16 bits per heavy atom. The molecule has 45 heavy (non-hydrogen) atoms. The van der Waals surface area contributed by atoms with Gasteiger partial charge in [-0.25, -0.2) is 0 Å². The smallest absolute Gasteiger partial charge is 0.0983 e. The average molecular weight is 608 g/mol. The van der Waals surface area contributed by atoms with Gasteiger partial charge >= 0.3 is 0 Å². The molecule has 3 aromatic carbocycles. The van der Waals surface area contributed by atoms with E-state index in [-0.39, 0.29) is 6.04 Å². The second-order valence-electron chi connectivity index (χ2n) is 11.6. The first-order valence-corrected chi connectivity index (χ1v) is 16.4. The molecular formula is C40H57N5. The highest BCUT2D eigenvalue weighted by atomic mass is 15.2. The Balaban J connectivity index is 0.00000109. The maximum Gasteiger partial charge on any atom is 0.0983 e. The predicted molar refractivity (Wildman–Crippen MR) is 198 cm³/mol. The molecule has 242 valence electrons. The highest BCUT2D eigenvalue weighted by molar-refractivity contribution is 5.95. The summed E-state index contributed by atoms with van der Waals surface area (Å²) in [7, 11) is 0. The number of anilines is 1. The van der Waals surface area contributed by atoms with Crippen molar-refractivity contribution < 1.29 is 0 Å². The van der Waals surface area contributed by atoms with Crippen LogP contribution in [0.4, 0.5) is 5.69 Å². The molecule has 0 amide bonds. The normalized spacial score (nSPS) is 14.9. The molecular weight excluding hydrogens is 550 g/mol. The van der Waals surface area contributed by atoms with E-state index in [4.69, 9.17) is 4.99 Å². The topological polar surface area (TPSA) is 51.7 Å². The summed E-state index contributed by atoms with van der Waals surface area (Å²) in [6.45, 7) is 29.3. The van der Waals surface area contributed by atoms with E-state index in [0.717, 1.165) is 61.9 Å². The number of nitrogens with one attached hydrogen (secondary N) is 3. The van der Waals surface area contributed by atoms with Gasteiger partial charge in [0.05, 0.1) is 17.7 Å². The van der Waals surface area contributed by atoms with E-state index in [1.807, 2.05) is 46.8 Å². The third-order valence-corrected chi connectivity index (χ3v) is 7.41. The summed E-state index contributed by atoms with van der Waals surface area (Å²) in [5.74, 6) is 1.79. The van der Waals surface area contributed by atoms with E-state index >= 15 is 0 Å². The van der Waals surface area contributed by atoms with Gasteiger partial charge in [0.25, 0.3) is 0 Å². The monoisotopic (exact) mass is 607 g/mol. The van der Waals surface area contributed by atoms with Crippen molar-refractivity contribution in [2.45, 2.75) is 86.4 Å². The first-order valence-electron chi connectivity index (χ1n) is 16.4. The van der Waals surface area contributed by atoms with Crippen LogP contribution in [0, 0.1) is 6.92 Å². The number of nitrogens with zero attached hydrogens (tertiary/aromatic N) is 2. The van der Waals surface area contributed by atoms with Crippen molar-refractivity contribution in [1.82, 2.24) is 15.5 Å². The third kappa shape index (κ3) is 12.7. The highest BCUT2D eigenvalue weighted by Gasteiger charge is 2.23. The number of likely N-dealkylation sites (tertiary alicyclic amines) is 1. The minimum atomic E-state index is 0.145. The molecule has 0 bridgehead atoms. The molecule has 1 saturated heterocycles. The van der Waals surface area contributed by atoms with Gasteiger partial charge in [-0.3, -0.25) is 4.99 Å². The summed E-state index contributed by atoms with van der Waals surface area (Å²) in [5, 5.41) is 10.6. The van der Waals surface area contributed by atoms with Gasteiger partial charge in [0.15, 0.2) is 0 Å². The Labute approximate surface area is 274 Å². The number of aliphatic imine (C=N–C) groups is 1. The van der Waals surface area contributed by atoms with E-state index in [1.165, 1.54) is 27.8 Å². The lowest BCUT2D eigenvalue weighted by molar-refractivity contribution is 0.272. The predicted octanol–water partition coefficient (Wildman–Crippen LogP) is 9.87. The molecule has 5 nitrogen and oxygen atoms in total. The van der Waals surface area contributed by atoms with Crippen LogP contribution in [0.3, 0.4) is 0 Å². The molecule has 1 aliphatic heterocycles. The lowest BCUT2D eigenvalue weighted by Gasteiger charge is -2.37. The molecule has 5 heteroatoms. The first kappa shape index (κ1) is 36.9. The van der Waals surface area contributed by atoms with Crippen molar-refractivity contribution in [2.24, 2.45) is 4.99 Å². The molecule has 1 unspecified atom stereocenters. The van der Waals surface area contributed by atoms with Crippen LogP contribution in [0.2, 0.25) is 0 Å². The van der Waals surface area contributed by atoms with Crippen molar-refractivity contribution in [3.63, 3.8) is 0 Å². The SMILES string of the molecule is C=C(C)C.C=C(NCc1ccccc1)NC1CCCN(C(=C)c2cccc(NC(C)=N[C@H](CC)c3ccccc3)c2C)C1.CC. The second-order valence-corrected chi connectivity index (χ2v) is 11.6. The molecule has 1 fully saturated rings. The van der Waals surface area contributed by atoms with Crippen LogP contribution in [0.5, 0.6) is 0 Å². The minimum absolute atomic E-state index is 0.145. The van der Waals surface area contributed by atoms with Gasteiger partial charge in [0.1, 0.15) is 0 Å². The van der Waals surface area contributed by atoms with Gasteiger partial charge in [0.2, 0.25) is 0 Å². The number of rotatable bonds is 11. The van der Waals surface area contributed by atoms with Crippen molar-refractivity contribution in [1.29, 1.82) is 0 Å². The lowest BCUT2D eigenvalue weighted by atomic mass is 10.00. The number of hydrogen-bond donors (Lipinski definition) is 3.